The van der Waals surface area contributed by atoms with Crippen LogP contribution < -0.4 is 0 Å². The summed E-state index contributed by atoms with van der Waals surface area (Å²) in [6.07, 6.45) is 1.10. The van der Waals surface area contributed by atoms with Crippen molar-refractivity contribution in [3.8, 4) is 0 Å². The Bertz CT molecular complexity index is 306. The van der Waals surface area contributed by atoms with E-state index in [1.165, 1.54) is 5.56 Å². The molecule has 0 saturated heterocycles. The molecule has 1 nitrogen and oxygen atoms in total. The van der Waals surface area contributed by atoms with Gasteiger partial charge in [0.05, 0.1) is 0 Å². The molecule has 0 heterocycles. The van der Waals surface area contributed by atoms with E-state index in [9.17, 15) is 5.11 Å². The highest BCUT2D eigenvalue weighted by Gasteiger charge is 2.61. The molecule has 13 heavy (non-hydrogen) atoms. The number of hydrogen-bond acceptors (Lipinski definition) is 1. The molecule has 1 fully saturated rings. The molecule has 1 aliphatic carbocycles. The highest BCUT2D eigenvalue weighted by molar-refractivity contribution is 5.36. The Labute approximate surface area is 79.4 Å². The molecule has 2 rings (SSSR count). The molecule has 1 aromatic carbocycles. The molecule has 0 bridgehead atoms. The van der Waals surface area contributed by atoms with Crippen molar-refractivity contribution in [2.24, 2.45) is 5.41 Å². The number of benzene rings is 1. The quantitative estimate of drug-likeness (QED) is 0.733. The lowest BCUT2D eigenvalue weighted by Crippen LogP contribution is -2.15. The Morgan fingerprint density at radius 1 is 1.23 bits per heavy atom. The van der Waals surface area contributed by atoms with Gasteiger partial charge in [-0.3, -0.25) is 0 Å². The number of aliphatic hydroxyl groups excluding tert-OH is 1. The van der Waals surface area contributed by atoms with Crippen LogP contribution in [0.5, 0.6) is 0 Å². The topological polar surface area (TPSA) is 20.2 Å². The van der Waals surface area contributed by atoms with E-state index in [4.69, 9.17) is 0 Å². The van der Waals surface area contributed by atoms with Crippen molar-refractivity contribution in [3.63, 3.8) is 0 Å². The van der Waals surface area contributed by atoms with E-state index in [1.807, 2.05) is 6.07 Å². The molecule has 1 N–H and O–H groups in total. The van der Waals surface area contributed by atoms with Gasteiger partial charge in [0.1, 0.15) is 0 Å². The van der Waals surface area contributed by atoms with Crippen LogP contribution in [0, 0.1) is 5.41 Å². The SMILES string of the molecule is C[C@@]1(CO)C[C@@]1(C)c1ccccc1. The standard InChI is InChI=1S/C12H16O/c1-11(9-13)8-12(11,2)10-6-4-3-5-7-10/h3-7,13H,8-9H2,1-2H3/t11-,12-/m0/s1. The maximum absolute atomic E-state index is 9.26. The number of rotatable bonds is 2. The zero-order valence-corrected chi connectivity index (χ0v) is 8.25. The minimum atomic E-state index is 0.106. The van der Waals surface area contributed by atoms with Crippen LogP contribution in [0.1, 0.15) is 25.8 Å². The summed E-state index contributed by atoms with van der Waals surface area (Å²) in [5.74, 6) is 0. The Kier molecular flexibility index (Phi) is 1.74. The molecule has 1 aromatic rings. The molecule has 1 saturated carbocycles. The summed E-state index contributed by atoms with van der Waals surface area (Å²) in [5.41, 5.74) is 1.66. The lowest BCUT2D eigenvalue weighted by Gasteiger charge is -2.16. The van der Waals surface area contributed by atoms with Crippen molar-refractivity contribution >= 4 is 0 Å². The predicted molar refractivity (Wildman–Crippen MR) is 53.6 cm³/mol. The van der Waals surface area contributed by atoms with Crippen molar-refractivity contribution in [2.45, 2.75) is 25.7 Å². The first-order chi connectivity index (χ1) is 6.12. The molecule has 0 unspecified atom stereocenters. The fourth-order valence-corrected chi connectivity index (χ4v) is 2.22. The minimum Gasteiger partial charge on any atom is -0.396 e. The largest absolute Gasteiger partial charge is 0.396 e. The van der Waals surface area contributed by atoms with Crippen LogP contribution in [-0.4, -0.2) is 11.7 Å². The third-order valence-electron chi connectivity index (χ3n) is 3.71. The second-order valence-corrected chi connectivity index (χ2v) is 4.59. The Morgan fingerprint density at radius 3 is 2.31 bits per heavy atom. The maximum atomic E-state index is 9.26. The number of aliphatic hydroxyl groups is 1. The van der Waals surface area contributed by atoms with Gasteiger partial charge in [-0.25, -0.2) is 0 Å². The molecule has 1 heteroatoms. The van der Waals surface area contributed by atoms with Crippen LogP contribution in [0.3, 0.4) is 0 Å². The molecule has 70 valence electrons. The van der Waals surface area contributed by atoms with Crippen LogP contribution in [0.2, 0.25) is 0 Å². The highest BCUT2D eigenvalue weighted by Crippen LogP contribution is 2.63. The van der Waals surface area contributed by atoms with Gasteiger partial charge in [-0.05, 0) is 12.0 Å². The summed E-state index contributed by atoms with van der Waals surface area (Å²) in [6.45, 7) is 4.68. The van der Waals surface area contributed by atoms with Gasteiger partial charge in [0.25, 0.3) is 0 Å². The summed E-state index contributed by atoms with van der Waals surface area (Å²) >= 11 is 0. The van der Waals surface area contributed by atoms with Gasteiger partial charge in [0.15, 0.2) is 0 Å². The van der Waals surface area contributed by atoms with E-state index in [0.717, 1.165) is 6.42 Å². The minimum absolute atomic E-state index is 0.106. The van der Waals surface area contributed by atoms with Gasteiger partial charge >= 0.3 is 0 Å². The van der Waals surface area contributed by atoms with E-state index in [2.05, 4.69) is 38.1 Å². The fraction of sp³-hybridized carbons (Fsp3) is 0.500. The van der Waals surface area contributed by atoms with Crippen LogP contribution in [0.15, 0.2) is 30.3 Å². The molecular formula is C12H16O. The van der Waals surface area contributed by atoms with Gasteiger partial charge < -0.3 is 5.11 Å². The predicted octanol–water partition coefficient (Wildman–Crippen LogP) is 2.35. The van der Waals surface area contributed by atoms with Crippen LogP contribution in [0.25, 0.3) is 0 Å². The summed E-state index contributed by atoms with van der Waals surface area (Å²) in [5, 5.41) is 9.26. The van der Waals surface area contributed by atoms with Crippen LogP contribution in [-0.2, 0) is 5.41 Å². The zero-order chi connectivity index (χ0) is 9.53. The molecule has 0 spiro atoms. The van der Waals surface area contributed by atoms with E-state index < -0.39 is 0 Å². The van der Waals surface area contributed by atoms with Crippen LogP contribution in [0.4, 0.5) is 0 Å². The Morgan fingerprint density at radius 2 is 1.85 bits per heavy atom. The van der Waals surface area contributed by atoms with E-state index in [-0.39, 0.29) is 10.8 Å². The second-order valence-electron chi connectivity index (χ2n) is 4.59. The van der Waals surface area contributed by atoms with E-state index >= 15 is 0 Å². The molecule has 0 radical (unpaired) electrons. The zero-order valence-electron chi connectivity index (χ0n) is 8.25. The molecule has 1 aliphatic rings. The lowest BCUT2D eigenvalue weighted by atomic mass is 9.89. The average molecular weight is 176 g/mol. The Hall–Kier alpha value is -0.820. The molecule has 0 aromatic heterocycles. The van der Waals surface area contributed by atoms with Gasteiger partial charge in [0.2, 0.25) is 0 Å². The van der Waals surface area contributed by atoms with Gasteiger partial charge in [-0.15, -0.1) is 0 Å². The first-order valence-electron chi connectivity index (χ1n) is 4.79. The van der Waals surface area contributed by atoms with Gasteiger partial charge in [-0.1, -0.05) is 44.2 Å². The Balaban J connectivity index is 2.30. The van der Waals surface area contributed by atoms with Crippen molar-refractivity contribution < 1.29 is 5.11 Å². The van der Waals surface area contributed by atoms with Crippen LogP contribution >= 0.6 is 0 Å². The van der Waals surface area contributed by atoms with Gasteiger partial charge in [-0.2, -0.15) is 0 Å². The third kappa shape index (κ3) is 1.11. The summed E-state index contributed by atoms with van der Waals surface area (Å²) in [6, 6.07) is 10.5. The lowest BCUT2D eigenvalue weighted by molar-refractivity contribution is 0.207. The van der Waals surface area contributed by atoms with Crippen molar-refractivity contribution in [3.05, 3.63) is 35.9 Å². The smallest absolute Gasteiger partial charge is 0.0493 e. The van der Waals surface area contributed by atoms with Crippen molar-refractivity contribution in [1.82, 2.24) is 0 Å². The molecular weight excluding hydrogens is 160 g/mol. The average Bonchev–Trinajstić information content (AvgIpc) is 2.74. The molecule has 0 amide bonds. The molecule has 2 atom stereocenters. The number of hydrogen-bond donors (Lipinski definition) is 1. The van der Waals surface area contributed by atoms with Crippen molar-refractivity contribution in [2.75, 3.05) is 6.61 Å². The first kappa shape index (κ1) is 8.76. The summed E-state index contributed by atoms with van der Waals surface area (Å²) in [7, 11) is 0. The maximum Gasteiger partial charge on any atom is 0.0493 e. The fourth-order valence-electron chi connectivity index (χ4n) is 2.22. The van der Waals surface area contributed by atoms with Gasteiger partial charge in [0, 0.05) is 17.4 Å². The third-order valence-corrected chi connectivity index (χ3v) is 3.71. The molecule has 0 aliphatic heterocycles. The highest BCUT2D eigenvalue weighted by atomic mass is 16.3. The van der Waals surface area contributed by atoms with E-state index in [0.29, 0.717) is 6.61 Å². The first-order valence-corrected chi connectivity index (χ1v) is 4.79. The normalized spacial score (nSPS) is 37.5. The summed E-state index contributed by atoms with van der Waals surface area (Å²) in [4.78, 5) is 0. The monoisotopic (exact) mass is 176 g/mol. The van der Waals surface area contributed by atoms with E-state index in [1.54, 1.807) is 0 Å². The second kappa shape index (κ2) is 2.58. The summed E-state index contributed by atoms with van der Waals surface area (Å²) < 4.78 is 0. The van der Waals surface area contributed by atoms with Crippen molar-refractivity contribution in [1.29, 1.82) is 0 Å².